The van der Waals surface area contributed by atoms with Crippen LogP contribution in [0.4, 0.5) is 0 Å². The molecule has 0 radical (unpaired) electrons. The molecule has 1 aromatic carbocycles. The van der Waals surface area contributed by atoms with E-state index in [9.17, 15) is 9.59 Å². The molecule has 3 aromatic rings. The van der Waals surface area contributed by atoms with Crippen LogP contribution >= 0.6 is 11.3 Å². The van der Waals surface area contributed by atoms with Crippen molar-refractivity contribution in [2.45, 2.75) is 0 Å². The predicted octanol–water partition coefficient (Wildman–Crippen LogP) is 0.162. The number of carboxylic acid groups (broad SMARTS) is 1. The second-order valence-electron chi connectivity index (χ2n) is 4.09. The van der Waals surface area contributed by atoms with Crippen LogP contribution in [0.3, 0.4) is 0 Å². The maximum atomic E-state index is 12.1. The zero-order valence-corrected chi connectivity index (χ0v) is 11.4. The van der Waals surface area contributed by atoms with Gasteiger partial charge in [-0.05, 0) is 12.1 Å². The molecule has 1 N–H and O–H groups in total. The molecule has 106 valence electrons. The molecule has 2 aromatic heterocycles. The molecule has 0 amide bonds. The molecule has 0 aliphatic heterocycles. The highest BCUT2D eigenvalue weighted by Gasteiger charge is 2.07. The molecule has 7 nitrogen and oxygen atoms in total. The number of hydrogen-bond donors (Lipinski definition) is 1. The van der Waals surface area contributed by atoms with E-state index in [4.69, 9.17) is 9.84 Å². The summed E-state index contributed by atoms with van der Waals surface area (Å²) in [4.78, 5) is 27.1. The molecule has 8 heteroatoms. The number of benzene rings is 1. The highest BCUT2D eigenvalue weighted by Crippen LogP contribution is 2.18. The Bertz CT molecular complexity index is 915. The van der Waals surface area contributed by atoms with E-state index in [0.717, 1.165) is 0 Å². The van der Waals surface area contributed by atoms with Crippen molar-refractivity contribution >= 4 is 28.3 Å². The van der Waals surface area contributed by atoms with Crippen LogP contribution in [0.1, 0.15) is 5.56 Å². The molecule has 0 unspecified atom stereocenters. The highest BCUT2D eigenvalue weighted by molar-refractivity contribution is 7.15. The number of aromatic nitrogens is 3. The Morgan fingerprint density at radius 2 is 2.24 bits per heavy atom. The van der Waals surface area contributed by atoms with Crippen LogP contribution in [-0.2, 0) is 4.79 Å². The average molecular weight is 303 g/mol. The first kappa shape index (κ1) is 13.3. The SMILES string of the molecule is O=C(O)COc1ccccc1/C=c1\sc2ncnn2c1=O. The molecule has 0 aliphatic carbocycles. The van der Waals surface area contributed by atoms with Crippen molar-refractivity contribution in [2.75, 3.05) is 6.61 Å². The zero-order valence-electron chi connectivity index (χ0n) is 10.6. The highest BCUT2D eigenvalue weighted by atomic mass is 32.1. The second kappa shape index (κ2) is 5.33. The van der Waals surface area contributed by atoms with Crippen LogP contribution in [-0.4, -0.2) is 32.3 Å². The lowest BCUT2D eigenvalue weighted by Gasteiger charge is -2.05. The average Bonchev–Trinajstić information content (AvgIpc) is 3.02. The van der Waals surface area contributed by atoms with E-state index in [-0.39, 0.29) is 5.56 Å². The maximum Gasteiger partial charge on any atom is 0.341 e. The fourth-order valence-corrected chi connectivity index (χ4v) is 2.66. The second-order valence-corrected chi connectivity index (χ2v) is 5.10. The lowest BCUT2D eigenvalue weighted by Crippen LogP contribution is -2.23. The molecule has 0 fully saturated rings. The monoisotopic (exact) mass is 303 g/mol. The van der Waals surface area contributed by atoms with Gasteiger partial charge in [-0.3, -0.25) is 4.79 Å². The van der Waals surface area contributed by atoms with Crippen molar-refractivity contribution in [1.29, 1.82) is 0 Å². The van der Waals surface area contributed by atoms with Gasteiger partial charge in [-0.1, -0.05) is 29.5 Å². The Labute approximate surface area is 121 Å². The van der Waals surface area contributed by atoms with Crippen molar-refractivity contribution in [2.24, 2.45) is 0 Å². The van der Waals surface area contributed by atoms with E-state index in [1.807, 2.05) is 0 Å². The normalized spacial score (nSPS) is 11.9. The summed E-state index contributed by atoms with van der Waals surface area (Å²) in [7, 11) is 0. The van der Waals surface area contributed by atoms with E-state index in [0.29, 0.717) is 20.8 Å². The molecule has 0 saturated heterocycles. The lowest BCUT2D eigenvalue weighted by atomic mass is 10.2. The molecule has 0 spiro atoms. The van der Waals surface area contributed by atoms with E-state index in [2.05, 4.69) is 10.1 Å². The smallest absolute Gasteiger partial charge is 0.341 e. The van der Waals surface area contributed by atoms with Crippen molar-refractivity contribution in [1.82, 2.24) is 14.6 Å². The summed E-state index contributed by atoms with van der Waals surface area (Å²) in [5, 5.41) is 12.5. The third-order valence-electron chi connectivity index (χ3n) is 2.68. The number of rotatable bonds is 4. The van der Waals surface area contributed by atoms with Gasteiger partial charge in [0.25, 0.3) is 5.56 Å². The molecule has 0 saturated carbocycles. The third-order valence-corrected chi connectivity index (χ3v) is 3.65. The summed E-state index contributed by atoms with van der Waals surface area (Å²) < 4.78 is 6.87. The summed E-state index contributed by atoms with van der Waals surface area (Å²) >= 11 is 1.21. The Balaban J connectivity index is 2.06. The Hall–Kier alpha value is -2.74. The van der Waals surface area contributed by atoms with Gasteiger partial charge in [0.2, 0.25) is 4.96 Å². The first-order valence-electron chi connectivity index (χ1n) is 5.93. The molecule has 0 atom stereocenters. The molecular weight excluding hydrogens is 294 g/mol. The number of carbonyl (C=O) groups is 1. The largest absolute Gasteiger partial charge is 0.481 e. The quantitative estimate of drug-likeness (QED) is 0.738. The topological polar surface area (TPSA) is 93.8 Å². The number of ether oxygens (including phenoxy) is 1. The van der Waals surface area contributed by atoms with E-state index in [1.165, 1.54) is 22.2 Å². The van der Waals surface area contributed by atoms with Crippen LogP contribution in [0.25, 0.3) is 11.0 Å². The van der Waals surface area contributed by atoms with Gasteiger partial charge in [0.05, 0.1) is 4.53 Å². The van der Waals surface area contributed by atoms with Gasteiger partial charge in [-0.15, -0.1) is 0 Å². The summed E-state index contributed by atoms with van der Waals surface area (Å²) in [6, 6.07) is 6.90. The summed E-state index contributed by atoms with van der Waals surface area (Å²) in [5.74, 6) is -0.661. The van der Waals surface area contributed by atoms with Crippen molar-refractivity contribution in [3.05, 3.63) is 51.0 Å². The van der Waals surface area contributed by atoms with Gasteiger partial charge >= 0.3 is 5.97 Å². The van der Waals surface area contributed by atoms with Crippen LogP contribution in [0, 0.1) is 0 Å². The van der Waals surface area contributed by atoms with Crippen LogP contribution in [0.2, 0.25) is 0 Å². The van der Waals surface area contributed by atoms with E-state index in [1.54, 1.807) is 30.3 Å². The van der Waals surface area contributed by atoms with Crippen LogP contribution < -0.4 is 14.8 Å². The minimum atomic E-state index is -1.06. The standard InChI is InChI=1S/C13H9N3O4S/c17-11(18)6-20-9-4-2-1-3-8(9)5-10-12(19)16-13(21-10)14-7-15-16/h1-5,7H,6H2,(H,17,18)/b10-5-. The minimum absolute atomic E-state index is 0.263. The Kier molecular flexibility index (Phi) is 3.36. The number of nitrogens with zero attached hydrogens (tertiary/aromatic N) is 3. The van der Waals surface area contributed by atoms with Gasteiger partial charge in [0, 0.05) is 5.56 Å². The van der Waals surface area contributed by atoms with Gasteiger partial charge in [0.15, 0.2) is 6.61 Å². The fraction of sp³-hybridized carbons (Fsp3) is 0.0769. The summed E-state index contributed by atoms with van der Waals surface area (Å²) in [6.45, 7) is -0.440. The third kappa shape index (κ3) is 2.61. The number of aliphatic carboxylic acids is 1. The Morgan fingerprint density at radius 3 is 3.00 bits per heavy atom. The van der Waals surface area contributed by atoms with Gasteiger partial charge in [0.1, 0.15) is 12.1 Å². The molecular formula is C13H9N3O4S. The maximum absolute atomic E-state index is 12.1. The zero-order chi connectivity index (χ0) is 14.8. The van der Waals surface area contributed by atoms with Crippen molar-refractivity contribution in [3.8, 4) is 5.75 Å². The van der Waals surface area contributed by atoms with E-state index >= 15 is 0 Å². The number of carboxylic acids is 1. The number of hydrogen-bond acceptors (Lipinski definition) is 6. The number of para-hydroxylation sites is 1. The van der Waals surface area contributed by atoms with Crippen LogP contribution in [0.5, 0.6) is 5.75 Å². The Morgan fingerprint density at radius 1 is 1.43 bits per heavy atom. The number of thiazole rings is 1. The fourth-order valence-electron chi connectivity index (χ4n) is 1.79. The molecule has 21 heavy (non-hydrogen) atoms. The van der Waals surface area contributed by atoms with Gasteiger partial charge in [-0.2, -0.15) is 9.61 Å². The van der Waals surface area contributed by atoms with Gasteiger partial charge < -0.3 is 9.84 Å². The summed E-state index contributed by atoms with van der Waals surface area (Å²) in [5.41, 5.74) is 0.362. The summed E-state index contributed by atoms with van der Waals surface area (Å²) in [6.07, 6.45) is 2.96. The van der Waals surface area contributed by atoms with Crippen molar-refractivity contribution < 1.29 is 14.6 Å². The number of fused-ring (bicyclic) bond motifs is 1. The molecule has 0 bridgehead atoms. The predicted molar refractivity (Wildman–Crippen MR) is 75.5 cm³/mol. The van der Waals surface area contributed by atoms with Gasteiger partial charge in [-0.25, -0.2) is 9.78 Å². The molecule has 3 rings (SSSR count). The minimum Gasteiger partial charge on any atom is -0.481 e. The first-order valence-corrected chi connectivity index (χ1v) is 6.74. The van der Waals surface area contributed by atoms with Crippen LogP contribution in [0.15, 0.2) is 35.4 Å². The lowest BCUT2D eigenvalue weighted by molar-refractivity contribution is -0.139. The van der Waals surface area contributed by atoms with Crippen molar-refractivity contribution in [3.63, 3.8) is 0 Å². The molecule has 0 aliphatic rings. The first-order chi connectivity index (χ1) is 10.1. The molecule has 2 heterocycles. The van der Waals surface area contributed by atoms with E-state index < -0.39 is 12.6 Å².